The fourth-order valence-electron chi connectivity index (χ4n) is 2.45. The van der Waals surface area contributed by atoms with E-state index < -0.39 is 0 Å². The summed E-state index contributed by atoms with van der Waals surface area (Å²) in [7, 11) is 1.71. The van der Waals surface area contributed by atoms with Gasteiger partial charge in [0.2, 0.25) is 0 Å². The van der Waals surface area contributed by atoms with Gasteiger partial charge in [-0.1, -0.05) is 12.1 Å². The second kappa shape index (κ2) is 6.57. The van der Waals surface area contributed by atoms with Crippen molar-refractivity contribution in [3.63, 3.8) is 0 Å². The zero-order valence-corrected chi connectivity index (χ0v) is 11.3. The normalized spacial score (nSPS) is 23.0. The van der Waals surface area contributed by atoms with Crippen LogP contribution in [0.3, 0.4) is 0 Å². The molecule has 104 valence electrons. The highest BCUT2D eigenvalue weighted by molar-refractivity contribution is 5.73. The number of carbonyl (C=O) groups excluding carboxylic acids is 1. The van der Waals surface area contributed by atoms with Gasteiger partial charge in [-0.3, -0.25) is 4.79 Å². The topological polar surface area (TPSA) is 61.5 Å². The van der Waals surface area contributed by atoms with E-state index >= 15 is 0 Å². The molecule has 1 aromatic carbocycles. The Morgan fingerprint density at radius 3 is 2.63 bits per heavy atom. The molecule has 0 saturated heterocycles. The summed E-state index contributed by atoms with van der Waals surface area (Å²) in [5, 5.41) is 0. The predicted octanol–water partition coefficient (Wildman–Crippen LogP) is 2.31. The summed E-state index contributed by atoms with van der Waals surface area (Å²) in [6, 6.07) is 7.30. The van der Waals surface area contributed by atoms with Crippen molar-refractivity contribution in [2.45, 2.75) is 44.3 Å². The molecule has 0 aromatic heterocycles. The van der Waals surface area contributed by atoms with Crippen molar-refractivity contribution >= 4 is 11.7 Å². The molecule has 2 atom stereocenters. The molecule has 2 unspecified atom stereocenters. The van der Waals surface area contributed by atoms with Crippen LogP contribution in [-0.2, 0) is 20.7 Å². The molecule has 0 heterocycles. The number of benzene rings is 1. The van der Waals surface area contributed by atoms with E-state index in [-0.39, 0.29) is 18.2 Å². The van der Waals surface area contributed by atoms with Gasteiger partial charge in [0, 0.05) is 19.2 Å². The molecule has 0 spiro atoms. The van der Waals surface area contributed by atoms with Crippen molar-refractivity contribution < 1.29 is 14.3 Å². The minimum atomic E-state index is -0.175. The number of carbonyl (C=O) groups is 1. The Bertz CT molecular complexity index is 416. The maximum absolute atomic E-state index is 11.9. The maximum atomic E-state index is 11.9. The number of nitrogen functional groups attached to an aromatic ring is 1. The summed E-state index contributed by atoms with van der Waals surface area (Å²) in [5.41, 5.74) is 7.24. The molecule has 1 saturated carbocycles. The lowest BCUT2D eigenvalue weighted by Crippen LogP contribution is -2.29. The van der Waals surface area contributed by atoms with Crippen molar-refractivity contribution in [3.05, 3.63) is 29.8 Å². The Morgan fingerprint density at radius 1 is 1.26 bits per heavy atom. The first-order chi connectivity index (χ1) is 9.17. The van der Waals surface area contributed by atoms with Crippen LogP contribution >= 0.6 is 0 Å². The SMILES string of the molecule is COC1CCCC(OC(=O)Cc2ccc(N)cc2)C1. The van der Waals surface area contributed by atoms with E-state index in [2.05, 4.69) is 0 Å². The number of rotatable bonds is 4. The standard InChI is InChI=1S/C15H21NO3/c1-18-13-3-2-4-14(10-13)19-15(17)9-11-5-7-12(16)8-6-11/h5-8,13-14H,2-4,9-10,16H2,1H3. The van der Waals surface area contributed by atoms with Crippen LogP contribution in [0.5, 0.6) is 0 Å². The first-order valence-corrected chi connectivity index (χ1v) is 6.74. The van der Waals surface area contributed by atoms with Gasteiger partial charge in [0.1, 0.15) is 6.10 Å². The van der Waals surface area contributed by atoms with Gasteiger partial charge in [0.25, 0.3) is 0 Å². The Hall–Kier alpha value is -1.55. The number of hydrogen-bond acceptors (Lipinski definition) is 4. The summed E-state index contributed by atoms with van der Waals surface area (Å²) < 4.78 is 10.8. The van der Waals surface area contributed by atoms with E-state index in [1.165, 1.54) is 0 Å². The molecule has 2 N–H and O–H groups in total. The van der Waals surface area contributed by atoms with Crippen LogP contribution in [0.15, 0.2) is 24.3 Å². The molecule has 2 rings (SSSR count). The largest absolute Gasteiger partial charge is 0.462 e. The monoisotopic (exact) mass is 263 g/mol. The van der Waals surface area contributed by atoms with Gasteiger partial charge in [0.15, 0.2) is 0 Å². The number of anilines is 1. The number of ether oxygens (including phenoxy) is 2. The quantitative estimate of drug-likeness (QED) is 0.669. The molecule has 4 nitrogen and oxygen atoms in total. The van der Waals surface area contributed by atoms with E-state index in [4.69, 9.17) is 15.2 Å². The molecule has 0 amide bonds. The average Bonchev–Trinajstić information content (AvgIpc) is 2.41. The average molecular weight is 263 g/mol. The van der Waals surface area contributed by atoms with Gasteiger partial charge >= 0.3 is 5.97 Å². The highest BCUT2D eigenvalue weighted by Gasteiger charge is 2.24. The van der Waals surface area contributed by atoms with Crippen LogP contribution in [0.1, 0.15) is 31.2 Å². The molecule has 1 aliphatic carbocycles. The molecule has 4 heteroatoms. The molecular weight excluding hydrogens is 242 g/mol. The number of methoxy groups -OCH3 is 1. The lowest BCUT2D eigenvalue weighted by molar-refractivity contribution is -0.151. The summed E-state index contributed by atoms with van der Waals surface area (Å²) in [5.74, 6) is -0.175. The Balaban J connectivity index is 1.82. The number of hydrogen-bond donors (Lipinski definition) is 1. The highest BCUT2D eigenvalue weighted by atomic mass is 16.5. The summed E-state index contributed by atoms with van der Waals surface area (Å²) >= 11 is 0. The van der Waals surface area contributed by atoms with Gasteiger partial charge in [-0.05, 0) is 37.0 Å². The van der Waals surface area contributed by atoms with E-state index in [1.54, 1.807) is 19.2 Å². The molecule has 1 aromatic rings. The first kappa shape index (κ1) is 13.9. The van der Waals surface area contributed by atoms with Crippen LogP contribution in [0.2, 0.25) is 0 Å². The van der Waals surface area contributed by atoms with Gasteiger partial charge < -0.3 is 15.2 Å². The number of esters is 1. The van der Waals surface area contributed by atoms with Gasteiger partial charge in [-0.2, -0.15) is 0 Å². The third-order valence-electron chi connectivity index (χ3n) is 3.54. The van der Waals surface area contributed by atoms with Crippen molar-refractivity contribution in [3.8, 4) is 0 Å². The second-order valence-electron chi connectivity index (χ2n) is 5.05. The maximum Gasteiger partial charge on any atom is 0.310 e. The fourth-order valence-corrected chi connectivity index (χ4v) is 2.45. The lowest BCUT2D eigenvalue weighted by Gasteiger charge is -2.27. The molecule has 1 fully saturated rings. The van der Waals surface area contributed by atoms with Crippen LogP contribution in [-0.4, -0.2) is 25.3 Å². The zero-order valence-electron chi connectivity index (χ0n) is 11.3. The van der Waals surface area contributed by atoms with Gasteiger partial charge in [0.05, 0.1) is 12.5 Å². The molecule has 0 aliphatic heterocycles. The highest BCUT2D eigenvalue weighted by Crippen LogP contribution is 2.23. The number of nitrogens with two attached hydrogens (primary N) is 1. The van der Waals surface area contributed by atoms with Crippen LogP contribution < -0.4 is 5.73 Å². The smallest absolute Gasteiger partial charge is 0.310 e. The summed E-state index contributed by atoms with van der Waals surface area (Å²) in [6.07, 6.45) is 4.38. The van der Waals surface area contributed by atoms with Crippen molar-refractivity contribution in [2.24, 2.45) is 0 Å². The minimum absolute atomic E-state index is 0.0000170. The van der Waals surface area contributed by atoms with Crippen molar-refractivity contribution in [1.82, 2.24) is 0 Å². The molecule has 19 heavy (non-hydrogen) atoms. The van der Waals surface area contributed by atoms with Crippen LogP contribution in [0.4, 0.5) is 5.69 Å². The van der Waals surface area contributed by atoms with Gasteiger partial charge in [-0.15, -0.1) is 0 Å². The summed E-state index contributed by atoms with van der Waals surface area (Å²) in [4.78, 5) is 11.9. The van der Waals surface area contributed by atoms with Crippen LogP contribution in [0.25, 0.3) is 0 Å². The Morgan fingerprint density at radius 2 is 1.95 bits per heavy atom. The molecular formula is C15H21NO3. The minimum Gasteiger partial charge on any atom is -0.462 e. The van der Waals surface area contributed by atoms with E-state index in [0.717, 1.165) is 31.2 Å². The van der Waals surface area contributed by atoms with Crippen molar-refractivity contribution in [1.29, 1.82) is 0 Å². The third-order valence-corrected chi connectivity index (χ3v) is 3.54. The molecule has 0 radical (unpaired) electrons. The first-order valence-electron chi connectivity index (χ1n) is 6.74. The van der Waals surface area contributed by atoms with E-state index in [0.29, 0.717) is 12.1 Å². The predicted molar refractivity (Wildman–Crippen MR) is 73.7 cm³/mol. The van der Waals surface area contributed by atoms with Crippen molar-refractivity contribution in [2.75, 3.05) is 12.8 Å². The molecule has 1 aliphatic rings. The van der Waals surface area contributed by atoms with Gasteiger partial charge in [-0.25, -0.2) is 0 Å². The van der Waals surface area contributed by atoms with E-state index in [1.807, 2.05) is 12.1 Å². The van der Waals surface area contributed by atoms with Crippen LogP contribution in [0, 0.1) is 0 Å². The fraction of sp³-hybridized carbons (Fsp3) is 0.533. The summed E-state index contributed by atoms with van der Waals surface area (Å²) in [6.45, 7) is 0. The second-order valence-corrected chi connectivity index (χ2v) is 5.05. The Kier molecular flexibility index (Phi) is 4.80. The third kappa shape index (κ3) is 4.24. The Labute approximate surface area is 113 Å². The lowest BCUT2D eigenvalue weighted by atomic mass is 9.95. The zero-order chi connectivity index (χ0) is 13.7. The van der Waals surface area contributed by atoms with E-state index in [9.17, 15) is 4.79 Å². The molecule has 0 bridgehead atoms.